The van der Waals surface area contributed by atoms with Gasteiger partial charge in [-0.05, 0) is 37.8 Å². The van der Waals surface area contributed by atoms with Crippen molar-refractivity contribution in [3.05, 3.63) is 24.3 Å². The monoisotopic (exact) mass is 261 g/mol. The predicted molar refractivity (Wildman–Crippen MR) is 72.4 cm³/mol. The summed E-state index contributed by atoms with van der Waals surface area (Å²) in [5, 5.41) is 9.83. The Morgan fingerprint density at radius 3 is 2.53 bits per heavy atom. The average molecular weight is 261 g/mol. The van der Waals surface area contributed by atoms with Crippen molar-refractivity contribution in [2.45, 2.75) is 44.1 Å². The molecule has 1 aromatic carbocycles. The highest BCUT2D eigenvalue weighted by Crippen LogP contribution is 2.39. The third-order valence-electron chi connectivity index (χ3n) is 4.25. The van der Waals surface area contributed by atoms with Crippen LogP contribution in [0, 0.1) is 0 Å². The van der Waals surface area contributed by atoms with Crippen molar-refractivity contribution < 1.29 is 14.6 Å². The number of nitrogens with zero attached hydrogens (tertiary/aromatic N) is 1. The van der Waals surface area contributed by atoms with E-state index in [1.54, 1.807) is 18.2 Å². The van der Waals surface area contributed by atoms with Crippen molar-refractivity contribution in [3.8, 4) is 5.75 Å². The lowest BCUT2D eigenvalue weighted by atomic mass is 9.81. The van der Waals surface area contributed by atoms with Crippen LogP contribution >= 0.6 is 0 Å². The number of phenols is 1. The Kier molecular flexibility index (Phi) is 3.09. The van der Waals surface area contributed by atoms with E-state index >= 15 is 0 Å². The first kappa shape index (κ1) is 12.3. The number of carbonyl (C=O) groups is 1. The number of amides is 1. The van der Waals surface area contributed by atoms with Gasteiger partial charge in [0.1, 0.15) is 11.4 Å². The Balaban J connectivity index is 1.78. The second kappa shape index (κ2) is 4.76. The van der Waals surface area contributed by atoms with Gasteiger partial charge in [-0.25, -0.2) is 4.79 Å². The van der Waals surface area contributed by atoms with Crippen LogP contribution in [0.1, 0.15) is 38.5 Å². The van der Waals surface area contributed by atoms with Crippen LogP contribution in [0.25, 0.3) is 0 Å². The van der Waals surface area contributed by atoms with E-state index in [2.05, 4.69) is 0 Å². The Hall–Kier alpha value is -1.71. The van der Waals surface area contributed by atoms with Gasteiger partial charge in [0.15, 0.2) is 0 Å². The van der Waals surface area contributed by atoms with Gasteiger partial charge >= 0.3 is 6.09 Å². The fourth-order valence-corrected chi connectivity index (χ4v) is 3.16. The minimum absolute atomic E-state index is 0.124. The van der Waals surface area contributed by atoms with E-state index in [0.717, 1.165) is 32.1 Å². The molecule has 1 saturated carbocycles. The van der Waals surface area contributed by atoms with Gasteiger partial charge < -0.3 is 9.84 Å². The summed E-state index contributed by atoms with van der Waals surface area (Å²) in [6.07, 6.45) is 6.01. The van der Waals surface area contributed by atoms with E-state index in [1.807, 2.05) is 6.07 Å². The van der Waals surface area contributed by atoms with Crippen LogP contribution in [0.4, 0.5) is 10.5 Å². The molecular formula is C15H19NO3. The molecular weight excluding hydrogens is 242 g/mol. The highest BCUT2D eigenvalue weighted by atomic mass is 16.6. The van der Waals surface area contributed by atoms with E-state index in [9.17, 15) is 9.90 Å². The standard InChI is InChI=1S/C15H19NO3/c17-13-7-3-2-6-12(13)16-11-10-15(19-14(16)18)8-4-1-5-9-15/h2-3,6-7,17H,1,4-5,8-11H2. The lowest BCUT2D eigenvalue weighted by Crippen LogP contribution is -2.50. The number of anilines is 1. The van der Waals surface area contributed by atoms with Crippen molar-refractivity contribution in [2.24, 2.45) is 0 Å². The lowest BCUT2D eigenvalue weighted by Gasteiger charge is -2.43. The molecule has 1 aromatic rings. The smallest absolute Gasteiger partial charge is 0.414 e. The molecule has 2 aliphatic rings. The molecule has 0 radical (unpaired) electrons. The normalized spacial score (nSPS) is 22.3. The van der Waals surface area contributed by atoms with E-state index in [-0.39, 0.29) is 17.4 Å². The van der Waals surface area contributed by atoms with Gasteiger partial charge in [0.2, 0.25) is 0 Å². The number of para-hydroxylation sites is 2. The van der Waals surface area contributed by atoms with Crippen LogP contribution in [0.3, 0.4) is 0 Å². The maximum atomic E-state index is 12.2. The summed E-state index contributed by atoms with van der Waals surface area (Å²) < 4.78 is 5.71. The van der Waals surface area contributed by atoms with Crippen LogP contribution in [-0.2, 0) is 4.74 Å². The van der Waals surface area contributed by atoms with Gasteiger partial charge in [0.25, 0.3) is 0 Å². The largest absolute Gasteiger partial charge is 0.506 e. The minimum Gasteiger partial charge on any atom is -0.506 e. The number of aromatic hydroxyl groups is 1. The van der Waals surface area contributed by atoms with Gasteiger partial charge in [-0.15, -0.1) is 0 Å². The molecule has 0 atom stereocenters. The summed E-state index contributed by atoms with van der Waals surface area (Å²) in [5.41, 5.74) is 0.300. The highest BCUT2D eigenvalue weighted by Gasteiger charge is 2.42. The molecule has 4 nitrogen and oxygen atoms in total. The van der Waals surface area contributed by atoms with Crippen molar-refractivity contribution in [2.75, 3.05) is 11.4 Å². The number of phenolic OH excluding ortho intramolecular Hbond substituents is 1. The Bertz CT molecular complexity index is 480. The highest BCUT2D eigenvalue weighted by molar-refractivity contribution is 5.90. The summed E-state index contributed by atoms with van der Waals surface area (Å²) in [4.78, 5) is 13.7. The zero-order valence-electron chi connectivity index (χ0n) is 11.0. The number of carbonyl (C=O) groups excluding carboxylic acids is 1. The summed E-state index contributed by atoms with van der Waals surface area (Å²) in [7, 11) is 0. The molecule has 2 fully saturated rings. The molecule has 1 aliphatic carbocycles. The predicted octanol–water partition coefficient (Wildman–Crippen LogP) is 3.44. The molecule has 0 aromatic heterocycles. The van der Waals surface area contributed by atoms with E-state index < -0.39 is 0 Å². The Labute approximate surface area is 113 Å². The number of hydrogen-bond acceptors (Lipinski definition) is 3. The topological polar surface area (TPSA) is 49.8 Å². The maximum absolute atomic E-state index is 12.2. The fraction of sp³-hybridized carbons (Fsp3) is 0.533. The van der Waals surface area contributed by atoms with Crippen LogP contribution < -0.4 is 4.90 Å². The van der Waals surface area contributed by atoms with E-state index in [4.69, 9.17) is 4.74 Å². The minimum atomic E-state index is -0.324. The van der Waals surface area contributed by atoms with Gasteiger partial charge in [-0.1, -0.05) is 18.6 Å². The fourth-order valence-electron chi connectivity index (χ4n) is 3.16. The number of hydrogen-bond donors (Lipinski definition) is 1. The second-order valence-electron chi connectivity index (χ2n) is 5.50. The molecule has 4 heteroatoms. The summed E-state index contributed by atoms with van der Waals surface area (Å²) in [5.74, 6) is 0.124. The molecule has 1 N–H and O–H groups in total. The number of benzene rings is 1. The average Bonchev–Trinajstić information content (AvgIpc) is 2.41. The molecule has 1 aliphatic heterocycles. The molecule has 102 valence electrons. The SMILES string of the molecule is O=C1OC2(CCCCC2)CCN1c1ccccc1O. The molecule has 1 heterocycles. The van der Waals surface area contributed by atoms with Crippen LogP contribution in [-0.4, -0.2) is 23.3 Å². The van der Waals surface area contributed by atoms with Crippen molar-refractivity contribution in [3.63, 3.8) is 0 Å². The molecule has 19 heavy (non-hydrogen) atoms. The molecule has 3 rings (SSSR count). The first-order valence-electron chi connectivity index (χ1n) is 6.99. The zero-order valence-corrected chi connectivity index (χ0v) is 11.0. The van der Waals surface area contributed by atoms with Crippen molar-refractivity contribution >= 4 is 11.8 Å². The maximum Gasteiger partial charge on any atom is 0.414 e. The molecule has 1 saturated heterocycles. The Morgan fingerprint density at radius 1 is 1.11 bits per heavy atom. The van der Waals surface area contributed by atoms with Crippen LogP contribution in [0.5, 0.6) is 5.75 Å². The lowest BCUT2D eigenvalue weighted by molar-refractivity contribution is -0.0310. The Morgan fingerprint density at radius 2 is 1.84 bits per heavy atom. The van der Waals surface area contributed by atoms with Crippen molar-refractivity contribution in [1.29, 1.82) is 0 Å². The molecule has 0 unspecified atom stereocenters. The third-order valence-corrected chi connectivity index (χ3v) is 4.25. The quantitative estimate of drug-likeness (QED) is 0.842. The van der Waals surface area contributed by atoms with E-state index in [1.165, 1.54) is 11.3 Å². The molecule has 0 bridgehead atoms. The summed E-state index contributed by atoms with van der Waals surface area (Å²) in [6.45, 7) is 0.621. The number of rotatable bonds is 1. The first-order chi connectivity index (χ1) is 9.20. The summed E-state index contributed by atoms with van der Waals surface area (Å²) >= 11 is 0. The molecule has 1 spiro atoms. The summed E-state index contributed by atoms with van der Waals surface area (Å²) in [6, 6.07) is 6.90. The number of ether oxygens (including phenoxy) is 1. The van der Waals surface area contributed by atoms with Gasteiger partial charge in [0, 0.05) is 13.0 Å². The van der Waals surface area contributed by atoms with Crippen LogP contribution in [0.2, 0.25) is 0 Å². The van der Waals surface area contributed by atoms with E-state index in [0.29, 0.717) is 12.2 Å². The van der Waals surface area contributed by atoms with Gasteiger partial charge in [-0.3, -0.25) is 4.90 Å². The first-order valence-corrected chi connectivity index (χ1v) is 6.99. The second-order valence-corrected chi connectivity index (χ2v) is 5.50. The zero-order chi connectivity index (χ0) is 13.3. The van der Waals surface area contributed by atoms with Gasteiger partial charge in [0.05, 0.1) is 5.69 Å². The van der Waals surface area contributed by atoms with Gasteiger partial charge in [-0.2, -0.15) is 0 Å². The van der Waals surface area contributed by atoms with Crippen LogP contribution in [0.15, 0.2) is 24.3 Å². The third kappa shape index (κ3) is 2.27. The van der Waals surface area contributed by atoms with Crippen molar-refractivity contribution in [1.82, 2.24) is 0 Å². The molecule has 1 amide bonds.